The molecular weight excluding hydrogens is 412 g/mol. The number of rotatable bonds is 7. The Bertz CT molecular complexity index is 1150. The van der Waals surface area contributed by atoms with Crippen molar-refractivity contribution in [2.45, 2.75) is 46.1 Å². The van der Waals surface area contributed by atoms with Gasteiger partial charge in [-0.15, -0.1) is 0 Å². The number of phenols is 1. The third kappa shape index (κ3) is 4.88. The number of furan rings is 1. The number of amides is 1. The lowest BCUT2D eigenvalue weighted by molar-refractivity contribution is 0.0999. The van der Waals surface area contributed by atoms with Gasteiger partial charge in [-0.25, -0.2) is 0 Å². The molecule has 0 radical (unpaired) electrons. The molecule has 1 fully saturated rings. The first-order valence-corrected chi connectivity index (χ1v) is 11.7. The van der Waals surface area contributed by atoms with E-state index in [1.165, 1.54) is 22.3 Å². The summed E-state index contributed by atoms with van der Waals surface area (Å²) in [6.45, 7) is 7.01. The van der Waals surface area contributed by atoms with Gasteiger partial charge in [0.1, 0.15) is 5.75 Å². The molecule has 1 saturated heterocycles. The average molecular weight is 445 g/mol. The molecule has 5 nitrogen and oxygen atoms in total. The molecule has 0 aliphatic carbocycles. The molecule has 3 aromatic rings. The number of aromatic hydroxyl groups is 1. The molecular formula is C28H32N2O3. The van der Waals surface area contributed by atoms with Gasteiger partial charge in [-0.1, -0.05) is 37.6 Å². The lowest BCUT2D eigenvalue weighted by Crippen LogP contribution is -2.30. The molecule has 1 aliphatic rings. The highest BCUT2D eigenvalue weighted by atomic mass is 16.3. The standard InChI is InChI=1S/C28H32N2O3/c1-3-23-24(4-2)26(28(29)32)9-8-25(23)27(21-6-5-7-22(31)16-21)20-10-13-30(14-11-20)17-19-12-15-33-18-19/h5-9,12,15-16,18,31H,3-4,10-11,13-14,17H2,1-2H3,(H2,29,32). The molecule has 33 heavy (non-hydrogen) atoms. The second-order valence-corrected chi connectivity index (χ2v) is 8.63. The number of nitrogens with zero attached hydrogens (tertiary/aromatic N) is 1. The van der Waals surface area contributed by atoms with Gasteiger partial charge < -0.3 is 15.3 Å². The van der Waals surface area contributed by atoms with E-state index in [1.54, 1.807) is 12.3 Å². The fraction of sp³-hybridized carbons (Fsp3) is 0.321. The van der Waals surface area contributed by atoms with Crippen molar-refractivity contribution in [3.63, 3.8) is 0 Å². The van der Waals surface area contributed by atoms with Gasteiger partial charge >= 0.3 is 0 Å². The van der Waals surface area contributed by atoms with Crippen molar-refractivity contribution in [1.82, 2.24) is 4.90 Å². The minimum atomic E-state index is -0.382. The molecule has 1 amide bonds. The Morgan fingerprint density at radius 2 is 1.73 bits per heavy atom. The van der Waals surface area contributed by atoms with Gasteiger partial charge in [-0.2, -0.15) is 0 Å². The van der Waals surface area contributed by atoms with Crippen LogP contribution in [0.2, 0.25) is 0 Å². The van der Waals surface area contributed by atoms with E-state index in [2.05, 4.69) is 24.8 Å². The third-order valence-electron chi connectivity index (χ3n) is 6.61. The van der Waals surface area contributed by atoms with Crippen molar-refractivity contribution in [3.8, 4) is 5.75 Å². The van der Waals surface area contributed by atoms with Gasteiger partial charge in [0, 0.05) is 30.8 Å². The number of primary amides is 1. The zero-order valence-electron chi connectivity index (χ0n) is 19.4. The van der Waals surface area contributed by atoms with E-state index in [9.17, 15) is 9.90 Å². The molecule has 0 atom stereocenters. The van der Waals surface area contributed by atoms with E-state index in [1.807, 2.05) is 36.6 Å². The van der Waals surface area contributed by atoms with E-state index >= 15 is 0 Å². The molecule has 0 saturated carbocycles. The van der Waals surface area contributed by atoms with Gasteiger partial charge in [0.15, 0.2) is 0 Å². The Kier molecular flexibility index (Phi) is 6.99. The maximum atomic E-state index is 12.1. The summed E-state index contributed by atoms with van der Waals surface area (Å²) in [4.78, 5) is 14.5. The normalized spacial score (nSPS) is 14.4. The minimum absolute atomic E-state index is 0.255. The largest absolute Gasteiger partial charge is 0.508 e. The lowest BCUT2D eigenvalue weighted by atomic mass is 9.82. The average Bonchev–Trinajstić information content (AvgIpc) is 3.33. The first-order chi connectivity index (χ1) is 16.0. The van der Waals surface area contributed by atoms with Gasteiger partial charge in [-0.3, -0.25) is 9.69 Å². The zero-order chi connectivity index (χ0) is 23.4. The Hall–Kier alpha value is -3.31. The molecule has 0 unspecified atom stereocenters. The summed E-state index contributed by atoms with van der Waals surface area (Å²) in [5, 5.41) is 10.2. The Morgan fingerprint density at radius 3 is 2.33 bits per heavy atom. The molecule has 5 heteroatoms. The molecule has 1 aliphatic heterocycles. The van der Waals surface area contributed by atoms with E-state index in [0.29, 0.717) is 5.56 Å². The summed E-state index contributed by atoms with van der Waals surface area (Å²) in [7, 11) is 0. The van der Waals surface area contributed by atoms with E-state index in [4.69, 9.17) is 10.2 Å². The summed E-state index contributed by atoms with van der Waals surface area (Å²) < 4.78 is 5.22. The number of hydrogen-bond donors (Lipinski definition) is 2. The van der Waals surface area contributed by atoms with Crippen LogP contribution in [0.15, 0.2) is 65.0 Å². The summed E-state index contributed by atoms with van der Waals surface area (Å²) in [6, 6.07) is 13.4. The highest BCUT2D eigenvalue weighted by Gasteiger charge is 2.23. The van der Waals surface area contributed by atoms with Crippen molar-refractivity contribution in [2.75, 3.05) is 13.1 Å². The van der Waals surface area contributed by atoms with Crippen molar-refractivity contribution in [3.05, 3.63) is 93.9 Å². The number of carbonyl (C=O) groups excluding carboxylic acids is 1. The first kappa shape index (κ1) is 22.9. The summed E-state index contributed by atoms with van der Waals surface area (Å²) in [5.74, 6) is -0.127. The quantitative estimate of drug-likeness (QED) is 0.518. The topological polar surface area (TPSA) is 79.7 Å². The van der Waals surface area contributed by atoms with Gasteiger partial charge in [0.25, 0.3) is 0 Å². The van der Waals surface area contributed by atoms with Crippen molar-refractivity contribution in [2.24, 2.45) is 5.73 Å². The monoisotopic (exact) mass is 444 g/mol. The maximum Gasteiger partial charge on any atom is 0.248 e. The molecule has 4 rings (SSSR count). The highest BCUT2D eigenvalue weighted by Crippen LogP contribution is 2.37. The number of benzene rings is 2. The summed E-state index contributed by atoms with van der Waals surface area (Å²) >= 11 is 0. The van der Waals surface area contributed by atoms with Crippen LogP contribution >= 0.6 is 0 Å². The van der Waals surface area contributed by atoms with Crippen LogP contribution in [-0.2, 0) is 19.4 Å². The predicted molar refractivity (Wildman–Crippen MR) is 131 cm³/mol. The van der Waals surface area contributed by atoms with Crippen LogP contribution in [-0.4, -0.2) is 29.0 Å². The highest BCUT2D eigenvalue weighted by molar-refractivity contribution is 5.96. The van der Waals surface area contributed by atoms with Crippen LogP contribution in [0.4, 0.5) is 0 Å². The fourth-order valence-electron chi connectivity index (χ4n) is 5.05. The molecule has 0 spiro atoms. The van der Waals surface area contributed by atoms with Crippen LogP contribution < -0.4 is 5.73 Å². The number of nitrogens with two attached hydrogens (primary N) is 1. The maximum absolute atomic E-state index is 12.1. The van der Waals surface area contributed by atoms with Crippen molar-refractivity contribution >= 4 is 11.5 Å². The van der Waals surface area contributed by atoms with Crippen LogP contribution in [0, 0.1) is 0 Å². The van der Waals surface area contributed by atoms with E-state index < -0.39 is 0 Å². The molecule has 1 aromatic heterocycles. The van der Waals surface area contributed by atoms with Crippen molar-refractivity contribution < 1.29 is 14.3 Å². The second-order valence-electron chi connectivity index (χ2n) is 8.63. The SMILES string of the molecule is CCc1c(C(N)=O)ccc(C(=C2CCN(Cc3ccoc3)CC2)c2cccc(O)c2)c1CC. The van der Waals surface area contributed by atoms with Gasteiger partial charge in [0.05, 0.1) is 12.5 Å². The number of phenolic OH excluding ortho intramolecular Hbond substituents is 1. The minimum Gasteiger partial charge on any atom is -0.508 e. The summed E-state index contributed by atoms with van der Waals surface area (Å²) in [5.41, 5.74) is 14.4. The molecule has 172 valence electrons. The first-order valence-electron chi connectivity index (χ1n) is 11.7. The van der Waals surface area contributed by atoms with Gasteiger partial charge in [-0.05, 0) is 77.8 Å². The van der Waals surface area contributed by atoms with E-state index in [-0.39, 0.29) is 11.7 Å². The van der Waals surface area contributed by atoms with Crippen molar-refractivity contribution in [1.29, 1.82) is 0 Å². The molecule has 0 bridgehead atoms. The van der Waals surface area contributed by atoms with Gasteiger partial charge in [0.2, 0.25) is 5.91 Å². The van der Waals surface area contributed by atoms with Crippen LogP contribution in [0.25, 0.3) is 5.57 Å². The number of carbonyl (C=O) groups is 1. The summed E-state index contributed by atoms with van der Waals surface area (Å²) in [6.07, 6.45) is 6.98. The smallest absolute Gasteiger partial charge is 0.248 e. The van der Waals surface area contributed by atoms with Crippen LogP contribution in [0.5, 0.6) is 5.75 Å². The zero-order valence-corrected chi connectivity index (χ0v) is 19.4. The Labute approximate surface area is 195 Å². The van der Waals surface area contributed by atoms with Crippen LogP contribution in [0.1, 0.15) is 64.9 Å². The molecule has 2 aromatic carbocycles. The van der Waals surface area contributed by atoms with Crippen LogP contribution in [0.3, 0.4) is 0 Å². The lowest BCUT2D eigenvalue weighted by Gasteiger charge is -2.30. The number of hydrogen-bond acceptors (Lipinski definition) is 4. The Balaban J connectivity index is 1.78. The fourth-order valence-corrected chi connectivity index (χ4v) is 5.05. The molecule has 3 N–H and O–H groups in total. The predicted octanol–water partition coefficient (Wildman–Crippen LogP) is 5.31. The number of likely N-dealkylation sites (tertiary alicyclic amines) is 1. The second kappa shape index (κ2) is 10.1. The van der Waals surface area contributed by atoms with E-state index in [0.717, 1.165) is 62.0 Å². The third-order valence-corrected chi connectivity index (χ3v) is 6.61. The molecule has 2 heterocycles. The number of piperidine rings is 1. The Morgan fingerprint density at radius 1 is 1.03 bits per heavy atom.